The smallest absolute Gasteiger partial charge is 0.315 e. The van der Waals surface area contributed by atoms with Gasteiger partial charge in [-0.15, -0.1) is 0 Å². The molecule has 0 unspecified atom stereocenters. The molecule has 8 nitrogen and oxygen atoms in total. The van der Waals surface area contributed by atoms with Gasteiger partial charge >= 0.3 is 6.03 Å². The van der Waals surface area contributed by atoms with E-state index in [1.165, 1.54) is 12.4 Å². The van der Waals surface area contributed by atoms with Crippen LogP contribution in [-0.4, -0.2) is 45.9 Å². The maximum Gasteiger partial charge on any atom is 0.315 e. The fourth-order valence-electron chi connectivity index (χ4n) is 3.04. The second kappa shape index (κ2) is 8.19. The number of hydrazine groups is 1. The van der Waals surface area contributed by atoms with Gasteiger partial charge in [0.2, 0.25) is 5.91 Å². The quantitative estimate of drug-likeness (QED) is 0.335. The van der Waals surface area contributed by atoms with Gasteiger partial charge in [0.1, 0.15) is 0 Å². The van der Waals surface area contributed by atoms with Crippen molar-refractivity contribution >= 4 is 29.6 Å². The van der Waals surface area contributed by atoms with Gasteiger partial charge in [0, 0.05) is 35.4 Å². The minimum absolute atomic E-state index is 0.0791. The zero-order valence-electron chi connectivity index (χ0n) is 13.7. The van der Waals surface area contributed by atoms with Crippen LogP contribution in [0.25, 0.3) is 0 Å². The number of urea groups is 1. The van der Waals surface area contributed by atoms with Gasteiger partial charge in [-0.2, -0.15) is 11.8 Å². The number of rotatable bonds is 6. The van der Waals surface area contributed by atoms with E-state index in [0.29, 0.717) is 17.2 Å². The Hall–Kier alpha value is -2.29. The maximum atomic E-state index is 11.8. The Morgan fingerprint density at radius 1 is 1.20 bits per heavy atom. The van der Waals surface area contributed by atoms with E-state index in [-0.39, 0.29) is 29.9 Å². The number of amides is 4. The lowest BCUT2D eigenvalue weighted by Gasteiger charge is -2.16. The molecule has 134 valence electrons. The predicted molar refractivity (Wildman–Crippen MR) is 93.8 cm³/mol. The average molecular weight is 363 g/mol. The molecule has 2 saturated heterocycles. The number of carbonyl (C=O) groups is 3. The minimum atomic E-state index is -0.367. The van der Waals surface area contributed by atoms with Crippen LogP contribution in [0, 0.1) is 0 Å². The molecule has 1 aromatic rings. The maximum absolute atomic E-state index is 11.8. The van der Waals surface area contributed by atoms with Gasteiger partial charge in [-0.3, -0.25) is 25.4 Å². The Morgan fingerprint density at radius 2 is 2.00 bits per heavy atom. The lowest BCUT2D eigenvalue weighted by molar-refractivity contribution is -0.122. The number of nitrogens with zero attached hydrogens (tertiary/aromatic N) is 1. The van der Waals surface area contributed by atoms with Crippen LogP contribution in [0.1, 0.15) is 36.0 Å². The molecular formula is C16H21N5O3S. The van der Waals surface area contributed by atoms with Gasteiger partial charge in [0.25, 0.3) is 5.91 Å². The fraction of sp³-hybridized carbons (Fsp3) is 0.500. The first-order valence-electron chi connectivity index (χ1n) is 8.31. The van der Waals surface area contributed by atoms with Crippen LogP contribution in [0.3, 0.4) is 0 Å². The Bertz CT molecular complexity index is 642. The molecule has 2 fully saturated rings. The lowest BCUT2D eigenvalue weighted by atomic mass is 10.0. The van der Waals surface area contributed by atoms with Crippen molar-refractivity contribution in [2.45, 2.75) is 43.0 Å². The van der Waals surface area contributed by atoms with Crippen molar-refractivity contribution in [2.24, 2.45) is 0 Å². The van der Waals surface area contributed by atoms with E-state index in [1.54, 1.807) is 12.1 Å². The van der Waals surface area contributed by atoms with Crippen molar-refractivity contribution in [3.8, 4) is 0 Å². The molecule has 4 N–H and O–H groups in total. The van der Waals surface area contributed by atoms with Crippen molar-refractivity contribution < 1.29 is 14.4 Å². The average Bonchev–Trinajstić information content (AvgIpc) is 3.17. The van der Waals surface area contributed by atoms with Crippen LogP contribution in [0.5, 0.6) is 0 Å². The van der Waals surface area contributed by atoms with Crippen LogP contribution >= 0.6 is 11.8 Å². The van der Waals surface area contributed by atoms with E-state index in [4.69, 9.17) is 0 Å². The lowest BCUT2D eigenvalue weighted by Crippen LogP contribution is -2.41. The molecule has 9 heteroatoms. The molecule has 3 heterocycles. The number of thioether (sulfide) groups is 1. The van der Waals surface area contributed by atoms with Gasteiger partial charge in [0.15, 0.2) is 0 Å². The normalized spacial score (nSPS) is 24.2. The van der Waals surface area contributed by atoms with Crippen molar-refractivity contribution in [3.05, 3.63) is 30.1 Å². The molecule has 0 radical (unpaired) electrons. The molecule has 3 atom stereocenters. The minimum Gasteiger partial charge on any atom is -0.332 e. The Kier molecular flexibility index (Phi) is 5.75. The number of unbranched alkanes of at least 4 members (excludes halogenated alkanes) is 1. The summed E-state index contributed by atoms with van der Waals surface area (Å²) >= 11 is 1.87. The summed E-state index contributed by atoms with van der Waals surface area (Å²) in [5.41, 5.74) is 5.25. The first-order chi connectivity index (χ1) is 12.1. The summed E-state index contributed by atoms with van der Waals surface area (Å²) < 4.78 is 0. The highest BCUT2D eigenvalue weighted by atomic mass is 32.2. The summed E-state index contributed by atoms with van der Waals surface area (Å²) in [5, 5.41) is 6.28. The number of carbonyl (C=O) groups excluding carboxylic acids is 3. The highest BCUT2D eigenvalue weighted by Crippen LogP contribution is 2.33. The highest BCUT2D eigenvalue weighted by molar-refractivity contribution is 8.00. The topological polar surface area (TPSA) is 112 Å². The number of aromatic nitrogens is 1. The third-order valence-electron chi connectivity index (χ3n) is 4.34. The van der Waals surface area contributed by atoms with E-state index < -0.39 is 0 Å². The molecule has 0 aromatic carbocycles. The van der Waals surface area contributed by atoms with E-state index in [1.807, 2.05) is 11.8 Å². The Morgan fingerprint density at radius 3 is 2.80 bits per heavy atom. The van der Waals surface area contributed by atoms with Gasteiger partial charge < -0.3 is 10.6 Å². The number of nitrogens with one attached hydrogen (secondary N) is 4. The fourth-order valence-corrected chi connectivity index (χ4v) is 4.58. The number of hydrogen-bond donors (Lipinski definition) is 4. The number of pyridine rings is 1. The summed E-state index contributed by atoms with van der Waals surface area (Å²) in [6.07, 6.45) is 6.00. The summed E-state index contributed by atoms with van der Waals surface area (Å²) in [6, 6.07) is 3.50. The van der Waals surface area contributed by atoms with Gasteiger partial charge in [-0.1, -0.05) is 6.42 Å². The van der Waals surface area contributed by atoms with E-state index in [0.717, 1.165) is 25.0 Å². The van der Waals surface area contributed by atoms with Crippen molar-refractivity contribution in [2.75, 3.05) is 5.75 Å². The Balaban J connectivity index is 1.29. The molecule has 4 amide bonds. The number of hydrogen-bond acceptors (Lipinski definition) is 5. The van der Waals surface area contributed by atoms with E-state index >= 15 is 0 Å². The second-order valence-electron chi connectivity index (χ2n) is 6.11. The predicted octanol–water partition coefficient (Wildman–Crippen LogP) is 0.568. The monoisotopic (exact) mass is 363 g/mol. The Labute approximate surface area is 149 Å². The molecular weight excluding hydrogens is 342 g/mol. The SMILES string of the molecule is O=C(CCCC[C@@H]1SC[C@H]2NC(=O)N[C@H]12)NNC(=O)c1ccncc1. The molecule has 3 rings (SSSR count). The van der Waals surface area contributed by atoms with Crippen molar-refractivity contribution in [1.82, 2.24) is 26.5 Å². The highest BCUT2D eigenvalue weighted by Gasteiger charge is 2.42. The summed E-state index contributed by atoms with van der Waals surface area (Å²) in [5.74, 6) is 0.360. The van der Waals surface area contributed by atoms with Crippen LogP contribution in [-0.2, 0) is 4.79 Å². The third kappa shape index (κ3) is 4.62. The zero-order chi connectivity index (χ0) is 17.6. The first-order valence-corrected chi connectivity index (χ1v) is 9.36. The third-order valence-corrected chi connectivity index (χ3v) is 5.85. The van der Waals surface area contributed by atoms with Crippen LogP contribution in [0.2, 0.25) is 0 Å². The van der Waals surface area contributed by atoms with E-state index in [2.05, 4.69) is 26.5 Å². The zero-order valence-corrected chi connectivity index (χ0v) is 14.5. The molecule has 25 heavy (non-hydrogen) atoms. The van der Waals surface area contributed by atoms with Crippen LogP contribution in [0.4, 0.5) is 4.79 Å². The van der Waals surface area contributed by atoms with Gasteiger partial charge in [0.05, 0.1) is 12.1 Å². The van der Waals surface area contributed by atoms with Gasteiger partial charge in [-0.25, -0.2) is 4.79 Å². The molecule has 1 aromatic heterocycles. The summed E-state index contributed by atoms with van der Waals surface area (Å²) in [4.78, 5) is 38.7. The first kappa shape index (κ1) is 17.5. The summed E-state index contributed by atoms with van der Waals surface area (Å²) in [7, 11) is 0. The van der Waals surface area contributed by atoms with Crippen LogP contribution in [0.15, 0.2) is 24.5 Å². The molecule has 2 aliphatic rings. The molecule has 0 spiro atoms. The largest absolute Gasteiger partial charge is 0.332 e. The number of fused-ring (bicyclic) bond motifs is 1. The molecule has 0 bridgehead atoms. The van der Waals surface area contributed by atoms with Crippen LogP contribution < -0.4 is 21.5 Å². The van der Waals surface area contributed by atoms with Gasteiger partial charge in [-0.05, 0) is 25.0 Å². The standard InChI is InChI=1S/C16H21N5O3S/c22-13(20-21-15(23)10-5-7-17-8-6-10)4-2-1-3-12-14-11(9-25-12)18-16(24)19-14/h5-8,11-12,14H,1-4,9H2,(H,20,22)(H,21,23)(H2,18,19,24)/t11-,12+,14+/m1/s1. The van der Waals surface area contributed by atoms with Crippen molar-refractivity contribution in [1.29, 1.82) is 0 Å². The molecule has 0 aliphatic carbocycles. The second-order valence-corrected chi connectivity index (χ2v) is 7.38. The summed E-state index contributed by atoms with van der Waals surface area (Å²) in [6.45, 7) is 0. The van der Waals surface area contributed by atoms with E-state index in [9.17, 15) is 14.4 Å². The molecule has 2 aliphatic heterocycles. The molecule has 0 saturated carbocycles. The van der Waals surface area contributed by atoms with Crippen molar-refractivity contribution in [3.63, 3.8) is 0 Å².